The van der Waals surface area contributed by atoms with Gasteiger partial charge in [0.2, 0.25) is 0 Å². The SMILES string of the molecule is CCC1(F)CC(C)C(C)CC1(C)C. The molecule has 0 aromatic rings. The van der Waals surface area contributed by atoms with E-state index in [4.69, 9.17) is 0 Å². The Morgan fingerprint density at radius 2 is 1.62 bits per heavy atom. The van der Waals surface area contributed by atoms with Gasteiger partial charge < -0.3 is 0 Å². The highest BCUT2D eigenvalue weighted by atomic mass is 19.1. The monoisotopic (exact) mass is 186 g/mol. The zero-order chi connectivity index (χ0) is 10.3. The summed E-state index contributed by atoms with van der Waals surface area (Å²) in [5.41, 5.74) is -1.06. The van der Waals surface area contributed by atoms with Crippen LogP contribution in [-0.4, -0.2) is 5.67 Å². The lowest BCUT2D eigenvalue weighted by Crippen LogP contribution is -2.47. The van der Waals surface area contributed by atoms with Gasteiger partial charge in [0.1, 0.15) is 5.67 Å². The zero-order valence-corrected chi connectivity index (χ0v) is 9.65. The van der Waals surface area contributed by atoms with Crippen molar-refractivity contribution in [2.24, 2.45) is 17.3 Å². The highest BCUT2D eigenvalue weighted by Crippen LogP contribution is 2.52. The largest absolute Gasteiger partial charge is 0.243 e. The Morgan fingerprint density at radius 3 is 2.08 bits per heavy atom. The summed E-state index contributed by atoms with van der Waals surface area (Å²) in [5, 5.41) is 0. The molecule has 13 heavy (non-hydrogen) atoms. The van der Waals surface area contributed by atoms with Gasteiger partial charge >= 0.3 is 0 Å². The van der Waals surface area contributed by atoms with E-state index in [2.05, 4.69) is 27.7 Å². The van der Waals surface area contributed by atoms with Crippen molar-refractivity contribution >= 4 is 0 Å². The Bertz CT molecular complexity index is 186. The number of rotatable bonds is 1. The lowest BCUT2D eigenvalue weighted by molar-refractivity contribution is -0.0656. The maximum atomic E-state index is 14.5. The average Bonchev–Trinajstić information content (AvgIpc) is 2.00. The maximum Gasteiger partial charge on any atom is 0.116 e. The first-order chi connectivity index (χ1) is 5.82. The highest BCUT2D eigenvalue weighted by molar-refractivity contribution is 4.99. The molecule has 0 spiro atoms. The summed E-state index contributed by atoms with van der Waals surface area (Å²) in [6, 6.07) is 0. The Balaban J connectivity index is 2.85. The molecule has 1 heteroatoms. The van der Waals surface area contributed by atoms with Gasteiger partial charge in [-0.15, -0.1) is 0 Å². The van der Waals surface area contributed by atoms with Crippen LogP contribution in [0.3, 0.4) is 0 Å². The molecule has 1 aliphatic carbocycles. The molecule has 3 unspecified atom stereocenters. The third-order valence-electron chi connectivity index (χ3n) is 4.22. The van der Waals surface area contributed by atoms with E-state index in [1.165, 1.54) is 0 Å². The van der Waals surface area contributed by atoms with Crippen LogP contribution < -0.4 is 0 Å². The van der Waals surface area contributed by atoms with E-state index in [1.54, 1.807) is 0 Å². The van der Waals surface area contributed by atoms with Crippen molar-refractivity contribution in [2.45, 2.75) is 59.5 Å². The molecule has 0 heterocycles. The molecule has 0 aromatic heterocycles. The predicted octanol–water partition coefficient (Wildman–Crippen LogP) is 4.20. The molecule has 78 valence electrons. The molecule has 1 aliphatic rings. The van der Waals surface area contributed by atoms with E-state index < -0.39 is 5.67 Å². The fourth-order valence-electron chi connectivity index (χ4n) is 2.80. The third kappa shape index (κ3) is 1.75. The number of halogens is 1. The van der Waals surface area contributed by atoms with Gasteiger partial charge in [-0.25, -0.2) is 4.39 Å². The molecule has 1 fully saturated rings. The molecule has 1 saturated carbocycles. The van der Waals surface area contributed by atoms with Gasteiger partial charge in [-0.05, 0) is 36.5 Å². The van der Waals surface area contributed by atoms with Crippen molar-refractivity contribution in [2.75, 3.05) is 0 Å². The first kappa shape index (κ1) is 11.0. The minimum Gasteiger partial charge on any atom is -0.243 e. The predicted molar refractivity (Wildman–Crippen MR) is 55.5 cm³/mol. The van der Waals surface area contributed by atoms with Crippen LogP contribution in [0.15, 0.2) is 0 Å². The van der Waals surface area contributed by atoms with Gasteiger partial charge in [-0.3, -0.25) is 0 Å². The summed E-state index contributed by atoms with van der Waals surface area (Å²) >= 11 is 0. The van der Waals surface area contributed by atoms with Crippen molar-refractivity contribution in [3.63, 3.8) is 0 Å². The summed E-state index contributed by atoms with van der Waals surface area (Å²) in [5.74, 6) is 1.21. The van der Waals surface area contributed by atoms with Crippen LogP contribution in [-0.2, 0) is 0 Å². The number of alkyl halides is 1. The second-order valence-electron chi connectivity index (χ2n) is 5.57. The molecule has 3 atom stereocenters. The quantitative estimate of drug-likeness (QED) is 0.576. The molecule has 0 saturated heterocycles. The Hall–Kier alpha value is -0.0700. The molecule has 0 amide bonds. The van der Waals surface area contributed by atoms with E-state index in [9.17, 15) is 4.39 Å². The zero-order valence-electron chi connectivity index (χ0n) is 9.65. The molecule has 0 aliphatic heterocycles. The van der Waals surface area contributed by atoms with Crippen LogP contribution in [0.1, 0.15) is 53.9 Å². The molecule has 1 rings (SSSR count). The smallest absolute Gasteiger partial charge is 0.116 e. The van der Waals surface area contributed by atoms with Crippen LogP contribution in [0.25, 0.3) is 0 Å². The summed E-state index contributed by atoms with van der Waals surface area (Å²) < 4.78 is 14.5. The van der Waals surface area contributed by atoms with Crippen LogP contribution in [0.5, 0.6) is 0 Å². The van der Waals surface area contributed by atoms with Crippen molar-refractivity contribution in [1.82, 2.24) is 0 Å². The molecular formula is C12H23F. The Morgan fingerprint density at radius 1 is 1.15 bits per heavy atom. The molecule has 0 bridgehead atoms. The number of hydrogen-bond acceptors (Lipinski definition) is 0. The van der Waals surface area contributed by atoms with Gasteiger partial charge in [0.15, 0.2) is 0 Å². The van der Waals surface area contributed by atoms with E-state index in [0.29, 0.717) is 18.3 Å². The second-order valence-corrected chi connectivity index (χ2v) is 5.57. The fraction of sp³-hybridized carbons (Fsp3) is 1.00. The number of hydrogen-bond donors (Lipinski definition) is 0. The van der Waals surface area contributed by atoms with Crippen molar-refractivity contribution in [3.8, 4) is 0 Å². The van der Waals surface area contributed by atoms with Gasteiger partial charge in [-0.2, -0.15) is 0 Å². The van der Waals surface area contributed by atoms with E-state index >= 15 is 0 Å². The summed E-state index contributed by atoms with van der Waals surface area (Å²) in [6.07, 6.45) is 2.44. The minimum atomic E-state index is -0.932. The summed E-state index contributed by atoms with van der Waals surface area (Å²) in [7, 11) is 0. The molecule has 0 aromatic carbocycles. The van der Waals surface area contributed by atoms with Crippen LogP contribution in [0.4, 0.5) is 4.39 Å². The van der Waals surface area contributed by atoms with E-state index in [-0.39, 0.29) is 5.41 Å². The fourth-order valence-corrected chi connectivity index (χ4v) is 2.80. The van der Waals surface area contributed by atoms with Gasteiger partial charge in [-0.1, -0.05) is 34.6 Å². The first-order valence-corrected chi connectivity index (χ1v) is 5.51. The standard InChI is InChI=1S/C12H23F/c1-6-12(13)8-10(3)9(2)7-11(12,4)5/h9-10H,6-8H2,1-5H3. The topological polar surface area (TPSA) is 0 Å². The van der Waals surface area contributed by atoms with Crippen LogP contribution in [0.2, 0.25) is 0 Å². The maximum absolute atomic E-state index is 14.5. The molecule has 0 radical (unpaired) electrons. The third-order valence-corrected chi connectivity index (χ3v) is 4.22. The highest BCUT2D eigenvalue weighted by Gasteiger charge is 2.49. The van der Waals surface area contributed by atoms with E-state index in [0.717, 1.165) is 12.8 Å². The van der Waals surface area contributed by atoms with Gasteiger partial charge in [0, 0.05) is 0 Å². The lowest BCUT2D eigenvalue weighted by atomic mass is 9.59. The molecule has 0 N–H and O–H groups in total. The molecular weight excluding hydrogens is 163 g/mol. The van der Waals surface area contributed by atoms with Gasteiger partial charge in [0.05, 0.1) is 0 Å². The van der Waals surface area contributed by atoms with Crippen LogP contribution in [0, 0.1) is 17.3 Å². The van der Waals surface area contributed by atoms with Crippen molar-refractivity contribution in [3.05, 3.63) is 0 Å². The van der Waals surface area contributed by atoms with Crippen LogP contribution >= 0.6 is 0 Å². The molecule has 0 nitrogen and oxygen atoms in total. The lowest BCUT2D eigenvalue weighted by Gasteiger charge is -2.49. The minimum absolute atomic E-state index is 0.131. The van der Waals surface area contributed by atoms with Gasteiger partial charge in [0.25, 0.3) is 0 Å². The van der Waals surface area contributed by atoms with Crippen molar-refractivity contribution in [1.29, 1.82) is 0 Å². The van der Waals surface area contributed by atoms with Crippen molar-refractivity contribution < 1.29 is 4.39 Å². The Kier molecular flexibility index (Phi) is 2.75. The first-order valence-electron chi connectivity index (χ1n) is 5.51. The second kappa shape index (κ2) is 3.25. The normalized spacial score (nSPS) is 44.8. The van der Waals surface area contributed by atoms with E-state index in [1.807, 2.05) is 6.92 Å². The summed E-state index contributed by atoms with van der Waals surface area (Å²) in [6.45, 7) is 10.6. The average molecular weight is 186 g/mol. The summed E-state index contributed by atoms with van der Waals surface area (Å²) in [4.78, 5) is 0. The Labute approximate surface area is 81.9 Å².